The lowest BCUT2D eigenvalue weighted by atomic mass is 9.94. The molecule has 0 bridgehead atoms. The van der Waals surface area contributed by atoms with E-state index in [1.807, 2.05) is 19.2 Å². The molecule has 0 saturated heterocycles. The van der Waals surface area contributed by atoms with Gasteiger partial charge in [0.2, 0.25) is 0 Å². The van der Waals surface area contributed by atoms with E-state index < -0.39 is 23.6 Å². The standard InChI is InChI=1S/C19H18F3N3O/c1-10-14-4-5-25(19(14)24-9-23-10)13-3-2-11(6-13)18(26)12-7-15(20)17(22)16(21)8-12/h4-5,7-9,11,13,18,26H,2-3,6H2,1H3. The minimum Gasteiger partial charge on any atom is -0.388 e. The van der Waals surface area contributed by atoms with Crippen molar-refractivity contribution in [2.45, 2.75) is 38.3 Å². The van der Waals surface area contributed by atoms with Crippen molar-refractivity contribution in [2.24, 2.45) is 5.92 Å². The fourth-order valence-electron chi connectivity index (χ4n) is 3.94. The van der Waals surface area contributed by atoms with Crippen LogP contribution in [0.1, 0.15) is 42.7 Å². The van der Waals surface area contributed by atoms with Gasteiger partial charge in [-0.05, 0) is 55.9 Å². The van der Waals surface area contributed by atoms with Crippen LogP contribution in [0.15, 0.2) is 30.7 Å². The molecule has 1 N–H and O–H groups in total. The Bertz CT molecular complexity index is 949. The molecule has 1 aliphatic rings. The van der Waals surface area contributed by atoms with Crippen LogP contribution >= 0.6 is 0 Å². The number of aryl methyl sites for hydroxylation is 1. The molecular weight excluding hydrogens is 343 g/mol. The molecule has 2 heterocycles. The van der Waals surface area contributed by atoms with Gasteiger partial charge in [-0.15, -0.1) is 0 Å². The highest BCUT2D eigenvalue weighted by atomic mass is 19.2. The first-order valence-corrected chi connectivity index (χ1v) is 8.56. The summed E-state index contributed by atoms with van der Waals surface area (Å²) in [4.78, 5) is 8.54. The van der Waals surface area contributed by atoms with Crippen LogP contribution in [-0.4, -0.2) is 19.6 Å². The first-order chi connectivity index (χ1) is 12.5. The number of nitrogens with zero attached hydrogens (tertiary/aromatic N) is 3. The second-order valence-corrected chi connectivity index (χ2v) is 6.89. The highest BCUT2D eigenvalue weighted by molar-refractivity contribution is 5.78. The zero-order valence-corrected chi connectivity index (χ0v) is 14.2. The number of aromatic nitrogens is 3. The van der Waals surface area contributed by atoms with Gasteiger partial charge in [0.1, 0.15) is 12.0 Å². The molecule has 1 saturated carbocycles. The number of aliphatic hydroxyl groups excluding tert-OH is 1. The van der Waals surface area contributed by atoms with Crippen LogP contribution in [0.5, 0.6) is 0 Å². The Morgan fingerprint density at radius 3 is 2.62 bits per heavy atom. The summed E-state index contributed by atoms with van der Waals surface area (Å²) in [6.45, 7) is 1.92. The van der Waals surface area contributed by atoms with Crippen LogP contribution < -0.4 is 0 Å². The smallest absolute Gasteiger partial charge is 0.194 e. The number of hydrogen-bond acceptors (Lipinski definition) is 3. The molecule has 4 rings (SSSR count). The molecule has 1 fully saturated rings. The summed E-state index contributed by atoms with van der Waals surface area (Å²) < 4.78 is 42.1. The molecule has 136 valence electrons. The highest BCUT2D eigenvalue weighted by Gasteiger charge is 2.33. The second kappa shape index (κ2) is 6.39. The van der Waals surface area contributed by atoms with E-state index >= 15 is 0 Å². The Kier molecular flexibility index (Phi) is 4.19. The number of hydrogen-bond donors (Lipinski definition) is 1. The van der Waals surface area contributed by atoms with Crippen molar-refractivity contribution in [1.82, 2.24) is 14.5 Å². The topological polar surface area (TPSA) is 50.9 Å². The number of halogens is 3. The van der Waals surface area contributed by atoms with Crippen LogP contribution in [-0.2, 0) is 0 Å². The maximum atomic E-state index is 13.5. The average Bonchev–Trinajstić information content (AvgIpc) is 3.26. The van der Waals surface area contributed by atoms with E-state index in [4.69, 9.17) is 0 Å². The quantitative estimate of drug-likeness (QED) is 0.710. The van der Waals surface area contributed by atoms with Crippen LogP contribution in [0.2, 0.25) is 0 Å². The van der Waals surface area contributed by atoms with Crippen molar-refractivity contribution in [3.05, 3.63) is 59.4 Å². The van der Waals surface area contributed by atoms with Crippen LogP contribution in [0.3, 0.4) is 0 Å². The first-order valence-electron chi connectivity index (χ1n) is 8.56. The van der Waals surface area contributed by atoms with E-state index in [0.717, 1.165) is 35.3 Å². The number of rotatable bonds is 3. The van der Waals surface area contributed by atoms with Crippen LogP contribution in [0, 0.1) is 30.3 Å². The van der Waals surface area contributed by atoms with Gasteiger partial charge in [0.25, 0.3) is 0 Å². The van der Waals surface area contributed by atoms with E-state index in [1.54, 1.807) is 0 Å². The van der Waals surface area contributed by atoms with Gasteiger partial charge in [-0.3, -0.25) is 0 Å². The van der Waals surface area contributed by atoms with Gasteiger partial charge < -0.3 is 9.67 Å². The largest absolute Gasteiger partial charge is 0.388 e. The molecule has 7 heteroatoms. The van der Waals surface area contributed by atoms with Gasteiger partial charge in [-0.1, -0.05) is 0 Å². The van der Waals surface area contributed by atoms with Gasteiger partial charge in [0.15, 0.2) is 17.5 Å². The second-order valence-electron chi connectivity index (χ2n) is 6.89. The van der Waals surface area contributed by atoms with Crippen molar-refractivity contribution in [1.29, 1.82) is 0 Å². The molecule has 0 radical (unpaired) electrons. The van der Waals surface area contributed by atoms with E-state index in [-0.39, 0.29) is 17.5 Å². The minimum absolute atomic E-state index is 0.0718. The predicted molar refractivity (Wildman–Crippen MR) is 89.9 cm³/mol. The Morgan fingerprint density at radius 1 is 1.15 bits per heavy atom. The summed E-state index contributed by atoms with van der Waals surface area (Å²) in [6, 6.07) is 3.85. The van der Waals surface area contributed by atoms with Gasteiger partial charge in [0, 0.05) is 17.6 Å². The molecule has 0 aliphatic heterocycles. The summed E-state index contributed by atoms with van der Waals surface area (Å²) in [5.41, 5.74) is 1.82. The van der Waals surface area contributed by atoms with Crippen LogP contribution in [0.4, 0.5) is 13.2 Å². The SMILES string of the molecule is Cc1ncnc2c1ccn2C1CCC(C(O)c2cc(F)c(F)c(F)c2)C1. The molecule has 0 amide bonds. The third-order valence-electron chi connectivity index (χ3n) is 5.34. The van der Waals surface area contributed by atoms with Crippen molar-refractivity contribution in [3.63, 3.8) is 0 Å². The first kappa shape index (κ1) is 17.0. The maximum absolute atomic E-state index is 13.5. The molecule has 1 aliphatic carbocycles. The molecule has 1 aromatic carbocycles. The summed E-state index contributed by atoms with van der Waals surface area (Å²) >= 11 is 0. The zero-order valence-electron chi connectivity index (χ0n) is 14.2. The summed E-state index contributed by atoms with van der Waals surface area (Å²) in [5.74, 6) is -4.24. The lowest BCUT2D eigenvalue weighted by molar-refractivity contribution is 0.108. The van der Waals surface area contributed by atoms with Gasteiger partial charge in [0.05, 0.1) is 11.8 Å². The average molecular weight is 361 g/mol. The molecule has 3 atom stereocenters. The summed E-state index contributed by atoms with van der Waals surface area (Å²) in [7, 11) is 0. The molecule has 3 unspecified atom stereocenters. The van der Waals surface area contributed by atoms with Gasteiger partial charge in [-0.25, -0.2) is 23.1 Å². The van der Waals surface area contributed by atoms with Crippen molar-refractivity contribution >= 4 is 11.0 Å². The van der Waals surface area contributed by atoms with E-state index in [9.17, 15) is 18.3 Å². The Balaban J connectivity index is 1.57. The molecule has 26 heavy (non-hydrogen) atoms. The summed E-state index contributed by atoms with van der Waals surface area (Å²) in [5, 5.41) is 11.5. The monoisotopic (exact) mass is 361 g/mol. The van der Waals surface area contributed by atoms with Crippen LogP contribution in [0.25, 0.3) is 11.0 Å². The number of fused-ring (bicyclic) bond motifs is 1. The van der Waals surface area contributed by atoms with E-state index in [1.165, 1.54) is 6.33 Å². The lowest BCUT2D eigenvalue weighted by Crippen LogP contribution is -2.12. The Labute approximate surface area is 148 Å². The van der Waals surface area contributed by atoms with Crippen molar-refractivity contribution < 1.29 is 18.3 Å². The lowest BCUT2D eigenvalue weighted by Gasteiger charge is -2.20. The van der Waals surface area contributed by atoms with Crippen molar-refractivity contribution in [2.75, 3.05) is 0 Å². The fourth-order valence-corrected chi connectivity index (χ4v) is 3.94. The Hall–Kier alpha value is -2.41. The zero-order chi connectivity index (χ0) is 18.4. The Morgan fingerprint density at radius 2 is 1.88 bits per heavy atom. The van der Waals surface area contributed by atoms with Gasteiger partial charge >= 0.3 is 0 Å². The molecule has 4 nitrogen and oxygen atoms in total. The maximum Gasteiger partial charge on any atom is 0.194 e. The van der Waals surface area contributed by atoms with Gasteiger partial charge in [-0.2, -0.15) is 0 Å². The summed E-state index contributed by atoms with van der Waals surface area (Å²) in [6.07, 6.45) is 4.62. The fraction of sp³-hybridized carbons (Fsp3) is 0.368. The molecule has 2 aromatic heterocycles. The third kappa shape index (κ3) is 2.76. The minimum atomic E-state index is -1.51. The molecule has 3 aromatic rings. The number of aliphatic hydroxyl groups is 1. The molecular formula is C19H18F3N3O. The third-order valence-corrected chi connectivity index (χ3v) is 5.34. The predicted octanol–water partition coefficient (Wildman–Crippen LogP) is 4.23. The highest BCUT2D eigenvalue weighted by Crippen LogP contribution is 2.42. The normalized spacial score (nSPS) is 21.4. The van der Waals surface area contributed by atoms with E-state index in [2.05, 4.69) is 14.5 Å². The van der Waals surface area contributed by atoms with E-state index in [0.29, 0.717) is 12.8 Å². The van der Waals surface area contributed by atoms with Crippen molar-refractivity contribution in [3.8, 4) is 0 Å². The number of benzene rings is 1. The molecule has 0 spiro atoms.